The number of aromatic amines is 1. The Kier molecular flexibility index (Phi) is 5.05. The highest BCUT2D eigenvalue weighted by atomic mass is 32.1. The van der Waals surface area contributed by atoms with Crippen LogP contribution in [-0.4, -0.2) is 32.8 Å². The molecule has 1 heterocycles. The Bertz CT molecular complexity index is 978. The van der Waals surface area contributed by atoms with E-state index in [1.165, 1.54) is 6.07 Å². The molecular weight excluding hydrogens is 363 g/mol. The first-order chi connectivity index (χ1) is 13.1. The Morgan fingerprint density at radius 2 is 2.04 bits per heavy atom. The van der Waals surface area contributed by atoms with E-state index in [0.717, 1.165) is 35.5 Å². The lowest BCUT2D eigenvalue weighted by molar-refractivity contribution is 0.187. The molecular formula is C20H21FN4OS. The topological polar surface area (TPSA) is 46.1 Å². The van der Waals surface area contributed by atoms with Crippen LogP contribution in [0.15, 0.2) is 48.5 Å². The Hall–Kier alpha value is -2.51. The first kappa shape index (κ1) is 17.9. The number of aromatic nitrogens is 3. The van der Waals surface area contributed by atoms with Crippen molar-refractivity contribution in [3.8, 4) is 17.1 Å². The van der Waals surface area contributed by atoms with Crippen LogP contribution in [0.3, 0.4) is 0 Å². The third kappa shape index (κ3) is 4.26. The maximum Gasteiger partial charge on any atom is 0.217 e. The SMILES string of the molecule is COc1ccc(-c2nc(=S)n(CN(Cc3cccc(F)c3)C3CC3)[nH]2)cc1. The molecule has 1 N–H and O–H groups in total. The van der Waals surface area contributed by atoms with E-state index in [4.69, 9.17) is 17.0 Å². The van der Waals surface area contributed by atoms with Gasteiger partial charge in [0.15, 0.2) is 5.82 Å². The number of nitrogens with one attached hydrogen (secondary N) is 1. The fourth-order valence-corrected chi connectivity index (χ4v) is 3.31. The van der Waals surface area contributed by atoms with Crippen LogP contribution in [0.5, 0.6) is 5.75 Å². The van der Waals surface area contributed by atoms with E-state index in [1.54, 1.807) is 19.2 Å². The number of benzene rings is 2. The molecule has 0 amide bonds. The van der Waals surface area contributed by atoms with Crippen molar-refractivity contribution in [2.75, 3.05) is 7.11 Å². The minimum absolute atomic E-state index is 0.205. The fourth-order valence-electron chi connectivity index (χ4n) is 3.12. The molecule has 1 aliphatic rings. The van der Waals surface area contributed by atoms with E-state index < -0.39 is 0 Å². The van der Waals surface area contributed by atoms with Gasteiger partial charge in [0, 0.05) is 18.2 Å². The third-order valence-electron chi connectivity index (χ3n) is 4.70. The number of ether oxygens (including phenoxy) is 1. The third-order valence-corrected chi connectivity index (χ3v) is 5.02. The number of nitrogens with zero attached hydrogens (tertiary/aromatic N) is 3. The van der Waals surface area contributed by atoms with Crippen molar-refractivity contribution in [1.82, 2.24) is 19.7 Å². The zero-order valence-corrected chi connectivity index (χ0v) is 15.9. The molecule has 2 aromatic carbocycles. The van der Waals surface area contributed by atoms with E-state index in [9.17, 15) is 4.39 Å². The van der Waals surface area contributed by atoms with Crippen molar-refractivity contribution in [2.45, 2.75) is 32.1 Å². The van der Waals surface area contributed by atoms with Crippen molar-refractivity contribution in [2.24, 2.45) is 0 Å². The molecule has 1 fully saturated rings. The molecule has 1 saturated carbocycles. The van der Waals surface area contributed by atoms with Crippen molar-refractivity contribution >= 4 is 12.2 Å². The summed E-state index contributed by atoms with van der Waals surface area (Å²) in [6, 6.07) is 14.9. The van der Waals surface area contributed by atoms with Crippen LogP contribution in [0.4, 0.5) is 4.39 Å². The highest BCUT2D eigenvalue weighted by Crippen LogP contribution is 2.29. The van der Waals surface area contributed by atoms with E-state index in [-0.39, 0.29) is 5.82 Å². The molecule has 3 aromatic rings. The average molecular weight is 384 g/mol. The Morgan fingerprint density at radius 3 is 2.70 bits per heavy atom. The standard InChI is InChI=1S/C20H21FN4OS/c1-26-18-9-5-15(6-10-18)19-22-20(27)25(23-19)13-24(17-7-8-17)12-14-3-2-4-16(21)11-14/h2-6,9-11,17H,7-8,12-13H2,1H3,(H,22,23,27). The molecule has 0 aliphatic heterocycles. The van der Waals surface area contributed by atoms with Crippen molar-refractivity contribution in [3.63, 3.8) is 0 Å². The number of halogens is 1. The van der Waals surface area contributed by atoms with Gasteiger partial charge in [-0.05, 0) is 67.0 Å². The summed E-state index contributed by atoms with van der Waals surface area (Å²) < 4.78 is 21.1. The van der Waals surface area contributed by atoms with E-state index in [0.29, 0.717) is 24.0 Å². The van der Waals surface area contributed by atoms with Gasteiger partial charge < -0.3 is 4.74 Å². The maximum absolute atomic E-state index is 13.5. The van der Waals surface area contributed by atoms with Crippen molar-refractivity contribution < 1.29 is 9.13 Å². The predicted molar refractivity (Wildman–Crippen MR) is 104 cm³/mol. The Morgan fingerprint density at radius 1 is 1.26 bits per heavy atom. The monoisotopic (exact) mass is 384 g/mol. The van der Waals surface area contributed by atoms with Crippen LogP contribution in [-0.2, 0) is 13.2 Å². The number of hydrogen-bond donors (Lipinski definition) is 1. The van der Waals surface area contributed by atoms with Gasteiger partial charge in [0.1, 0.15) is 11.6 Å². The summed E-state index contributed by atoms with van der Waals surface area (Å²) in [5, 5.41) is 3.29. The quantitative estimate of drug-likeness (QED) is 0.614. The number of methoxy groups -OCH3 is 1. The predicted octanol–water partition coefficient (Wildman–Crippen LogP) is 4.38. The lowest BCUT2D eigenvalue weighted by atomic mass is 10.2. The number of H-pyrrole nitrogens is 1. The van der Waals surface area contributed by atoms with Gasteiger partial charge in [-0.25, -0.2) is 9.07 Å². The zero-order chi connectivity index (χ0) is 18.8. The van der Waals surface area contributed by atoms with Crippen LogP contribution in [0.25, 0.3) is 11.4 Å². The fraction of sp³-hybridized carbons (Fsp3) is 0.300. The molecule has 140 valence electrons. The van der Waals surface area contributed by atoms with Gasteiger partial charge in [-0.15, -0.1) is 0 Å². The summed E-state index contributed by atoms with van der Waals surface area (Å²) in [4.78, 5) is 6.79. The molecule has 0 atom stereocenters. The van der Waals surface area contributed by atoms with Gasteiger partial charge in [-0.1, -0.05) is 12.1 Å². The summed E-state index contributed by atoms with van der Waals surface area (Å²) in [5.41, 5.74) is 1.91. The van der Waals surface area contributed by atoms with E-state index >= 15 is 0 Å². The minimum Gasteiger partial charge on any atom is -0.497 e. The van der Waals surface area contributed by atoms with Crippen molar-refractivity contribution in [1.29, 1.82) is 0 Å². The molecule has 1 aromatic heterocycles. The molecule has 27 heavy (non-hydrogen) atoms. The van der Waals surface area contributed by atoms with E-state index in [1.807, 2.05) is 35.0 Å². The lowest BCUT2D eigenvalue weighted by Gasteiger charge is -2.22. The summed E-state index contributed by atoms with van der Waals surface area (Å²) in [5.74, 6) is 1.32. The van der Waals surface area contributed by atoms with Gasteiger partial charge in [-0.2, -0.15) is 4.98 Å². The first-order valence-electron chi connectivity index (χ1n) is 8.92. The van der Waals surface area contributed by atoms with Crippen LogP contribution in [0, 0.1) is 10.6 Å². The largest absolute Gasteiger partial charge is 0.497 e. The summed E-state index contributed by atoms with van der Waals surface area (Å²) in [6.45, 7) is 1.28. The second-order valence-corrected chi connectivity index (χ2v) is 7.13. The molecule has 0 bridgehead atoms. The molecule has 0 saturated heterocycles. The Labute approximate surface area is 162 Å². The van der Waals surface area contributed by atoms with Crippen LogP contribution >= 0.6 is 12.2 Å². The molecule has 0 spiro atoms. The van der Waals surface area contributed by atoms with Gasteiger partial charge in [0.2, 0.25) is 4.77 Å². The molecule has 5 nitrogen and oxygen atoms in total. The highest BCUT2D eigenvalue weighted by molar-refractivity contribution is 7.71. The summed E-state index contributed by atoms with van der Waals surface area (Å²) >= 11 is 5.44. The molecule has 4 rings (SSSR count). The van der Waals surface area contributed by atoms with Crippen LogP contribution < -0.4 is 4.74 Å². The first-order valence-corrected chi connectivity index (χ1v) is 9.33. The summed E-state index contributed by atoms with van der Waals surface area (Å²) in [7, 11) is 1.64. The minimum atomic E-state index is -0.205. The summed E-state index contributed by atoms with van der Waals surface area (Å²) in [6.07, 6.45) is 2.31. The van der Waals surface area contributed by atoms with E-state index in [2.05, 4.69) is 15.0 Å². The number of rotatable bonds is 7. The molecule has 0 unspecified atom stereocenters. The maximum atomic E-state index is 13.5. The van der Waals surface area contributed by atoms with Crippen LogP contribution in [0.1, 0.15) is 18.4 Å². The van der Waals surface area contributed by atoms with Gasteiger partial charge in [0.25, 0.3) is 0 Å². The molecule has 7 heteroatoms. The second-order valence-electron chi connectivity index (χ2n) is 6.76. The van der Waals surface area contributed by atoms with Crippen molar-refractivity contribution in [3.05, 3.63) is 64.7 Å². The van der Waals surface area contributed by atoms with Crippen LogP contribution in [0.2, 0.25) is 0 Å². The highest BCUT2D eigenvalue weighted by Gasteiger charge is 2.29. The lowest BCUT2D eigenvalue weighted by Crippen LogP contribution is -2.29. The average Bonchev–Trinajstić information content (AvgIpc) is 3.45. The normalized spacial score (nSPS) is 13.9. The Balaban J connectivity index is 1.53. The zero-order valence-electron chi connectivity index (χ0n) is 15.1. The number of hydrogen-bond acceptors (Lipinski definition) is 4. The van der Waals surface area contributed by atoms with Gasteiger partial charge >= 0.3 is 0 Å². The second kappa shape index (κ2) is 7.62. The van der Waals surface area contributed by atoms with Gasteiger partial charge in [0.05, 0.1) is 13.8 Å². The van der Waals surface area contributed by atoms with Gasteiger partial charge in [-0.3, -0.25) is 10.00 Å². The molecule has 0 radical (unpaired) electrons. The molecule has 1 aliphatic carbocycles. The smallest absolute Gasteiger partial charge is 0.217 e.